The van der Waals surface area contributed by atoms with Crippen LogP contribution < -0.4 is 0 Å². The summed E-state index contributed by atoms with van der Waals surface area (Å²) in [6.45, 7) is 6.67. The minimum atomic E-state index is -3.49. The zero-order chi connectivity index (χ0) is 24.1. The highest BCUT2D eigenvalue weighted by Gasteiger charge is 2.53. The van der Waals surface area contributed by atoms with Crippen molar-refractivity contribution in [2.45, 2.75) is 44.5 Å². The van der Waals surface area contributed by atoms with Crippen molar-refractivity contribution < 1.29 is 18.0 Å². The van der Waals surface area contributed by atoms with Crippen molar-refractivity contribution in [2.24, 2.45) is 5.41 Å². The molecule has 7 nitrogen and oxygen atoms in total. The third-order valence-corrected chi connectivity index (χ3v) is 9.94. The van der Waals surface area contributed by atoms with E-state index in [1.165, 1.54) is 0 Å². The summed E-state index contributed by atoms with van der Waals surface area (Å²) < 4.78 is 28.5. The van der Waals surface area contributed by atoms with Gasteiger partial charge in [-0.25, -0.2) is 8.42 Å². The second-order valence-corrected chi connectivity index (χ2v) is 12.2. The smallest absolute Gasteiger partial charge is 0.253 e. The minimum absolute atomic E-state index is 0.0125. The predicted molar refractivity (Wildman–Crippen MR) is 129 cm³/mol. The summed E-state index contributed by atoms with van der Waals surface area (Å²) in [6.07, 6.45) is 1.44. The van der Waals surface area contributed by atoms with E-state index < -0.39 is 15.3 Å². The van der Waals surface area contributed by atoms with Gasteiger partial charge >= 0.3 is 0 Å². The maximum atomic E-state index is 13.4. The molecule has 0 bridgehead atoms. The molecule has 2 aromatic carbocycles. The van der Waals surface area contributed by atoms with Crippen LogP contribution in [0.3, 0.4) is 0 Å². The van der Waals surface area contributed by atoms with Gasteiger partial charge in [0.25, 0.3) is 5.91 Å². The predicted octanol–water partition coefficient (Wildman–Crippen LogP) is 3.05. The van der Waals surface area contributed by atoms with E-state index in [0.29, 0.717) is 31.6 Å². The molecule has 34 heavy (non-hydrogen) atoms. The lowest BCUT2D eigenvalue weighted by Crippen LogP contribution is -2.73. The monoisotopic (exact) mass is 481 g/mol. The van der Waals surface area contributed by atoms with Crippen LogP contribution in [0.15, 0.2) is 54.6 Å². The number of hydrogen-bond donors (Lipinski definition) is 0. The molecule has 180 valence electrons. The summed E-state index contributed by atoms with van der Waals surface area (Å²) in [5, 5.41) is -0.519. The molecular formula is C26H31N3O4S. The number of sulfonamides is 1. The van der Waals surface area contributed by atoms with E-state index in [0.717, 1.165) is 30.6 Å². The Balaban J connectivity index is 1.23. The molecule has 1 spiro atoms. The Hall–Kier alpha value is -2.71. The molecular weight excluding hydrogens is 450 g/mol. The molecule has 0 aromatic heterocycles. The van der Waals surface area contributed by atoms with E-state index >= 15 is 0 Å². The molecule has 3 saturated heterocycles. The van der Waals surface area contributed by atoms with E-state index in [2.05, 4.69) is 0 Å². The molecule has 0 radical (unpaired) electrons. The first-order valence-corrected chi connectivity index (χ1v) is 13.4. The van der Waals surface area contributed by atoms with Crippen LogP contribution in [0.4, 0.5) is 0 Å². The van der Waals surface area contributed by atoms with Crippen molar-refractivity contribution in [3.05, 3.63) is 71.3 Å². The molecule has 3 heterocycles. The van der Waals surface area contributed by atoms with Crippen LogP contribution in [0.5, 0.6) is 0 Å². The fourth-order valence-corrected chi connectivity index (χ4v) is 7.76. The van der Waals surface area contributed by atoms with Crippen molar-refractivity contribution in [3.63, 3.8) is 0 Å². The van der Waals surface area contributed by atoms with Gasteiger partial charge < -0.3 is 9.80 Å². The number of amides is 2. The fraction of sp³-hybridized carbons (Fsp3) is 0.462. The number of nitrogens with zero attached hydrogens (tertiary/aromatic N) is 3. The number of carbonyl (C=O) groups is 2. The summed E-state index contributed by atoms with van der Waals surface area (Å²) in [5.41, 5.74) is 2.40. The zero-order valence-corrected chi connectivity index (χ0v) is 20.5. The molecule has 2 amide bonds. The van der Waals surface area contributed by atoms with Crippen LogP contribution in [0.1, 0.15) is 53.4 Å². The van der Waals surface area contributed by atoms with Crippen LogP contribution >= 0.6 is 0 Å². The molecule has 8 heteroatoms. The van der Waals surface area contributed by atoms with Gasteiger partial charge in [-0.3, -0.25) is 9.59 Å². The number of carbonyl (C=O) groups excluding carboxylic acids is 2. The first-order chi connectivity index (χ1) is 16.2. The van der Waals surface area contributed by atoms with Gasteiger partial charge in [-0.2, -0.15) is 4.31 Å². The summed E-state index contributed by atoms with van der Waals surface area (Å²) in [6, 6.07) is 16.7. The molecule has 2 atom stereocenters. The quantitative estimate of drug-likeness (QED) is 0.673. The van der Waals surface area contributed by atoms with Gasteiger partial charge in [-0.1, -0.05) is 42.5 Å². The average molecular weight is 482 g/mol. The molecule has 0 N–H and O–H groups in total. The van der Waals surface area contributed by atoms with Crippen LogP contribution in [0.25, 0.3) is 0 Å². The highest BCUT2D eigenvalue weighted by atomic mass is 32.2. The second-order valence-electron chi connectivity index (χ2n) is 10.1. The number of benzene rings is 2. The topological polar surface area (TPSA) is 78.0 Å². The Morgan fingerprint density at radius 1 is 0.912 bits per heavy atom. The summed E-state index contributed by atoms with van der Waals surface area (Å²) in [7, 11) is -3.49. The van der Waals surface area contributed by atoms with Gasteiger partial charge in [0, 0.05) is 56.7 Å². The van der Waals surface area contributed by atoms with E-state index in [1.54, 1.807) is 23.4 Å². The summed E-state index contributed by atoms with van der Waals surface area (Å²) in [5.74, 6) is 0.0765. The maximum absolute atomic E-state index is 13.4. The fourth-order valence-electron chi connectivity index (χ4n) is 5.56. The SMILES string of the molecule is CC(=O)N1CC2(C1)CN(C(=O)c1ccc(CN3[C@@H](C)CCC(c4ccccc4)S3(=O)=O)cc1)C2. The second kappa shape index (κ2) is 8.50. The molecule has 2 aromatic rings. The van der Waals surface area contributed by atoms with Crippen LogP contribution in [0.2, 0.25) is 0 Å². The lowest BCUT2D eigenvalue weighted by atomic mass is 9.72. The maximum Gasteiger partial charge on any atom is 0.253 e. The molecule has 0 saturated carbocycles. The first-order valence-electron chi connectivity index (χ1n) is 11.9. The molecule has 3 fully saturated rings. The zero-order valence-electron chi connectivity index (χ0n) is 19.7. The Kier molecular flexibility index (Phi) is 5.76. The van der Waals surface area contributed by atoms with E-state index in [1.807, 2.05) is 59.2 Å². The molecule has 0 aliphatic carbocycles. The standard InChI is InChI=1S/C26H31N3O4S/c1-19-8-13-24(22-6-4-3-5-7-22)34(32,33)29(19)14-21-9-11-23(12-10-21)25(31)28-17-26(18-28)15-27(16-26)20(2)30/h3-7,9-12,19,24H,8,13-18H2,1-2H3/t19-,24?/m0/s1. The normalized spacial score (nSPS) is 25.5. The number of hydrogen-bond acceptors (Lipinski definition) is 4. The van der Waals surface area contributed by atoms with E-state index in [4.69, 9.17) is 0 Å². The van der Waals surface area contributed by atoms with Gasteiger partial charge in [0.2, 0.25) is 15.9 Å². The lowest BCUT2D eigenvalue weighted by molar-refractivity contribution is -0.152. The van der Waals surface area contributed by atoms with Gasteiger partial charge in [0.15, 0.2) is 0 Å². The number of rotatable bonds is 4. The van der Waals surface area contributed by atoms with Crippen LogP contribution in [-0.4, -0.2) is 66.6 Å². The Labute approximate surface area is 201 Å². The first kappa shape index (κ1) is 23.1. The minimum Gasteiger partial charge on any atom is -0.341 e. The summed E-state index contributed by atoms with van der Waals surface area (Å²) >= 11 is 0. The number of likely N-dealkylation sites (tertiary alicyclic amines) is 2. The van der Waals surface area contributed by atoms with Crippen molar-refractivity contribution in [3.8, 4) is 0 Å². The molecule has 5 rings (SSSR count). The van der Waals surface area contributed by atoms with Crippen molar-refractivity contribution >= 4 is 21.8 Å². The highest BCUT2D eigenvalue weighted by molar-refractivity contribution is 7.89. The van der Waals surface area contributed by atoms with E-state index in [-0.39, 0.29) is 23.3 Å². The van der Waals surface area contributed by atoms with Gasteiger partial charge in [-0.15, -0.1) is 0 Å². The Morgan fingerprint density at radius 3 is 2.15 bits per heavy atom. The van der Waals surface area contributed by atoms with Crippen LogP contribution in [0, 0.1) is 5.41 Å². The van der Waals surface area contributed by atoms with Crippen molar-refractivity contribution in [2.75, 3.05) is 26.2 Å². The van der Waals surface area contributed by atoms with Gasteiger partial charge in [0.05, 0.1) is 0 Å². The largest absolute Gasteiger partial charge is 0.341 e. The van der Waals surface area contributed by atoms with Crippen molar-refractivity contribution in [1.29, 1.82) is 0 Å². The van der Waals surface area contributed by atoms with Gasteiger partial charge in [-0.05, 0) is 43.0 Å². The Morgan fingerprint density at radius 2 is 1.53 bits per heavy atom. The molecule has 3 aliphatic rings. The third kappa shape index (κ3) is 4.03. The Bertz CT molecular complexity index is 1180. The molecule has 3 aliphatic heterocycles. The average Bonchev–Trinajstić information content (AvgIpc) is 2.75. The van der Waals surface area contributed by atoms with Crippen LogP contribution in [-0.2, 0) is 21.4 Å². The van der Waals surface area contributed by atoms with Gasteiger partial charge in [0.1, 0.15) is 5.25 Å². The van der Waals surface area contributed by atoms with Crippen molar-refractivity contribution in [1.82, 2.24) is 14.1 Å². The highest BCUT2D eigenvalue weighted by Crippen LogP contribution is 2.40. The lowest BCUT2D eigenvalue weighted by Gasteiger charge is -2.60. The van der Waals surface area contributed by atoms with E-state index in [9.17, 15) is 18.0 Å². The molecule has 1 unspecified atom stereocenters. The third-order valence-electron chi connectivity index (χ3n) is 7.57. The summed E-state index contributed by atoms with van der Waals surface area (Å²) in [4.78, 5) is 27.9.